The molecule has 8 rings (SSSR count). The number of likely N-dealkylation sites (tertiary alicyclic amines) is 1. The third kappa shape index (κ3) is 10.8. The number of fused-ring (bicyclic) bond motifs is 6. The van der Waals surface area contributed by atoms with Gasteiger partial charge in [0.25, 0.3) is 11.8 Å². The minimum atomic E-state index is -1.26. The van der Waals surface area contributed by atoms with Crippen molar-refractivity contribution >= 4 is 23.9 Å². The van der Waals surface area contributed by atoms with Crippen LogP contribution in [0.25, 0.3) is 0 Å². The van der Waals surface area contributed by atoms with Gasteiger partial charge in [-0.3, -0.25) is 9.59 Å². The second kappa shape index (κ2) is 21.1. The van der Waals surface area contributed by atoms with Gasteiger partial charge in [-0.2, -0.15) is 0 Å². The van der Waals surface area contributed by atoms with Crippen molar-refractivity contribution in [2.45, 2.75) is 175 Å². The minimum absolute atomic E-state index is 0.0192. The van der Waals surface area contributed by atoms with Gasteiger partial charge in [0, 0.05) is 54.7 Å². The molecular weight excluding hydrogens is 919 g/mol. The maximum Gasteiger partial charge on any atom is 0.415 e. The van der Waals surface area contributed by atoms with E-state index in [4.69, 9.17) is 18.9 Å². The molecule has 15 heteroatoms. The Bertz CT molecular complexity index is 2590. The Balaban J connectivity index is 0.962. The zero-order valence-corrected chi connectivity index (χ0v) is 43.5. The van der Waals surface area contributed by atoms with E-state index in [-0.39, 0.29) is 73.7 Å². The first-order valence-corrected chi connectivity index (χ1v) is 25.9. The second-order valence-electron chi connectivity index (χ2n) is 22.4. The lowest BCUT2D eigenvalue weighted by atomic mass is 9.78. The van der Waals surface area contributed by atoms with Gasteiger partial charge in [0.1, 0.15) is 40.2 Å². The number of nitrogens with zero attached hydrogens (tertiary/aromatic N) is 3. The number of aliphatic hydroxyl groups is 2. The highest BCUT2D eigenvalue weighted by Gasteiger charge is 2.52. The van der Waals surface area contributed by atoms with Gasteiger partial charge in [-0.1, -0.05) is 46.6 Å². The van der Waals surface area contributed by atoms with Gasteiger partial charge >= 0.3 is 12.1 Å². The van der Waals surface area contributed by atoms with Crippen molar-refractivity contribution in [2.24, 2.45) is 5.41 Å². The van der Waals surface area contributed by atoms with Crippen LogP contribution < -0.4 is 14.2 Å². The summed E-state index contributed by atoms with van der Waals surface area (Å²) < 4.78 is 24.8. The highest BCUT2D eigenvalue weighted by Crippen LogP contribution is 2.49. The lowest BCUT2D eigenvalue weighted by Crippen LogP contribution is -2.67. The molecule has 2 aromatic rings. The molecule has 2 saturated heterocycles. The maximum absolute atomic E-state index is 14.3. The summed E-state index contributed by atoms with van der Waals surface area (Å²) in [6.45, 7) is 18.7. The van der Waals surface area contributed by atoms with Crippen molar-refractivity contribution in [3.8, 4) is 23.0 Å². The number of aromatic hydroxyl groups is 1. The standard InChI is InChI=1S/C57H75N3O12/c1-34(2)14-9-16-36(5)18-11-21-55(7)47(62)26-40-45(61)24-38-43(49(40)71-55)29-60(52(38)65)44(53(66)67)20-13-23-58-28-42-39(51(58)64)25-46(70-54(68)59-30-57(31-59)32-69-33-57)41-27-48(63)56(8,72-50(41)42)22-12-19-37(6)17-10-15-35(3)4/h14-15,18-19,24-25,44,47-48,61-63H,9-13,16-17,20-23,26-33H2,1-8H3,(H,66,67)/b36-18+,37-19+/t44-,47-,48-,55+,56+/m0/s1. The van der Waals surface area contributed by atoms with E-state index >= 15 is 0 Å². The molecular formula is C57H75N3O12. The topological polar surface area (TPSA) is 196 Å². The van der Waals surface area contributed by atoms with E-state index in [1.165, 1.54) is 33.3 Å². The van der Waals surface area contributed by atoms with E-state index in [9.17, 15) is 39.6 Å². The van der Waals surface area contributed by atoms with Gasteiger partial charge in [-0.25, -0.2) is 9.59 Å². The summed E-state index contributed by atoms with van der Waals surface area (Å²) in [5.74, 6) is -1.39. The van der Waals surface area contributed by atoms with Crippen LogP contribution >= 0.6 is 0 Å². The number of amides is 3. The van der Waals surface area contributed by atoms with Gasteiger partial charge < -0.3 is 54.1 Å². The van der Waals surface area contributed by atoms with Crippen LogP contribution in [0.5, 0.6) is 23.0 Å². The molecule has 5 atom stereocenters. The Kier molecular flexibility index (Phi) is 15.4. The van der Waals surface area contributed by atoms with Crippen molar-refractivity contribution < 1.29 is 58.6 Å². The number of allylic oxidation sites excluding steroid dienone is 8. The number of ether oxygens (including phenoxy) is 4. The fourth-order valence-electron chi connectivity index (χ4n) is 11.1. The molecule has 1 spiro atoms. The average Bonchev–Trinajstić information content (AvgIpc) is 3.76. The molecule has 0 saturated carbocycles. The van der Waals surface area contributed by atoms with Crippen LogP contribution in [0.15, 0.2) is 58.7 Å². The third-order valence-corrected chi connectivity index (χ3v) is 15.8. The Morgan fingerprint density at radius 3 is 1.83 bits per heavy atom. The van der Waals surface area contributed by atoms with Crippen LogP contribution in [0.3, 0.4) is 0 Å². The number of carboxylic acid groups (broad SMARTS) is 1. The van der Waals surface area contributed by atoms with Gasteiger partial charge in [-0.05, 0) is 132 Å². The number of aliphatic carboxylic acids is 1. The molecule has 0 radical (unpaired) electrons. The summed E-state index contributed by atoms with van der Waals surface area (Å²) in [5, 5.41) is 44.8. The lowest BCUT2D eigenvalue weighted by Gasteiger charge is -2.54. The van der Waals surface area contributed by atoms with Crippen LogP contribution in [0.1, 0.15) is 163 Å². The van der Waals surface area contributed by atoms with Crippen molar-refractivity contribution in [2.75, 3.05) is 32.8 Å². The normalized spacial score (nSPS) is 24.3. The van der Waals surface area contributed by atoms with E-state index in [0.717, 1.165) is 25.7 Å². The van der Waals surface area contributed by atoms with Gasteiger partial charge in [-0.15, -0.1) is 0 Å². The predicted molar refractivity (Wildman–Crippen MR) is 271 cm³/mol. The van der Waals surface area contributed by atoms with Gasteiger partial charge in [0.15, 0.2) is 0 Å². The van der Waals surface area contributed by atoms with E-state index in [1.807, 2.05) is 13.8 Å². The van der Waals surface area contributed by atoms with Crippen LogP contribution in [-0.4, -0.2) is 121 Å². The molecule has 72 heavy (non-hydrogen) atoms. The lowest BCUT2D eigenvalue weighted by molar-refractivity contribution is -0.178. The predicted octanol–water partition coefficient (Wildman–Crippen LogP) is 9.12. The minimum Gasteiger partial charge on any atom is -0.508 e. The molecule has 15 nitrogen and oxygen atoms in total. The van der Waals surface area contributed by atoms with Crippen molar-refractivity contribution in [3.63, 3.8) is 0 Å². The number of benzene rings is 2. The van der Waals surface area contributed by atoms with E-state index in [2.05, 4.69) is 65.8 Å². The fourth-order valence-corrected chi connectivity index (χ4v) is 11.1. The Labute approximate surface area is 424 Å². The molecule has 6 aliphatic heterocycles. The summed E-state index contributed by atoms with van der Waals surface area (Å²) in [5.41, 5.74) is 5.41. The molecule has 3 amide bonds. The Morgan fingerprint density at radius 1 is 0.750 bits per heavy atom. The summed E-state index contributed by atoms with van der Waals surface area (Å²) >= 11 is 0. The number of hydrogen-bond acceptors (Lipinski definition) is 11. The zero-order valence-electron chi connectivity index (χ0n) is 43.5. The number of carbonyl (C=O) groups excluding carboxylic acids is 3. The molecule has 0 unspecified atom stereocenters. The number of carboxylic acids is 1. The van der Waals surface area contributed by atoms with Crippen LogP contribution in [0.2, 0.25) is 0 Å². The molecule has 6 aliphatic rings. The number of phenols is 1. The van der Waals surface area contributed by atoms with Crippen molar-refractivity contribution in [1.82, 2.24) is 14.7 Å². The smallest absolute Gasteiger partial charge is 0.415 e. The summed E-state index contributed by atoms with van der Waals surface area (Å²) in [7, 11) is 0. The number of aliphatic hydroxyl groups excluding tert-OH is 2. The maximum atomic E-state index is 14.3. The first kappa shape index (κ1) is 52.7. The quantitative estimate of drug-likeness (QED) is 0.0977. The second-order valence-corrected chi connectivity index (χ2v) is 22.4. The molecule has 4 N–H and O–H groups in total. The number of rotatable bonds is 19. The van der Waals surface area contributed by atoms with Crippen molar-refractivity contribution in [1.29, 1.82) is 0 Å². The van der Waals surface area contributed by atoms with E-state index in [0.29, 0.717) is 91.3 Å². The zero-order chi connectivity index (χ0) is 51.9. The molecule has 2 aromatic carbocycles. The Hall–Kier alpha value is -5.64. The van der Waals surface area contributed by atoms with Crippen molar-refractivity contribution in [3.05, 3.63) is 92.1 Å². The molecule has 6 heterocycles. The largest absolute Gasteiger partial charge is 0.508 e. The van der Waals surface area contributed by atoms with Crippen LogP contribution in [0.4, 0.5) is 4.79 Å². The number of hydrogen-bond donors (Lipinski definition) is 4. The number of carbonyl (C=O) groups is 4. The fraction of sp³-hybridized carbons (Fsp3) is 0.579. The Morgan fingerprint density at radius 2 is 1.29 bits per heavy atom. The average molecular weight is 994 g/mol. The molecule has 0 bridgehead atoms. The summed E-state index contributed by atoms with van der Waals surface area (Å²) in [4.78, 5) is 59.5. The first-order valence-electron chi connectivity index (χ1n) is 25.9. The molecule has 390 valence electrons. The third-order valence-electron chi connectivity index (χ3n) is 15.8. The number of phenolic OH excluding ortho intramolecular Hbond substituents is 1. The highest BCUT2D eigenvalue weighted by atomic mass is 16.6. The van der Waals surface area contributed by atoms with Crippen LogP contribution in [-0.2, 0) is 35.5 Å². The molecule has 2 fully saturated rings. The first-order chi connectivity index (χ1) is 34.1. The summed E-state index contributed by atoms with van der Waals surface area (Å²) in [6, 6.07) is 1.66. The van der Waals surface area contributed by atoms with Crippen LogP contribution in [0, 0.1) is 5.41 Å². The van der Waals surface area contributed by atoms with Gasteiger partial charge in [0.2, 0.25) is 0 Å². The van der Waals surface area contributed by atoms with E-state index in [1.54, 1.807) is 15.9 Å². The monoisotopic (exact) mass is 994 g/mol. The molecule has 0 aromatic heterocycles. The van der Waals surface area contributed by atoms with Gasteiger partial charge in [0.05, 0.1) is 55.1 Å². The molecule has 0 aliphatic carbocycles. The highest BCUT2D eigenvalue weighted by molar-refractivity contribution is 6.02. The van der Waals surface area contributed by atoms with E-state index < -0.39 is 47.4 Å². The SMILES string of the molecule is CC(C)=CCC/C(C)=C/CC[C@@]1(C)Oc2c(c(O)cc3c2CN([C@@H](CCCN2Cc4c(cc(OC(=O)N5CC6(COC6)C5)c5c4O[C@](C)(CC/C=C(\C)CCC=C(C)C)[C@@H](O)C5)C2=O)C(=O)O)C3=O)C[C@@H]1O. The summed E-state index contributed by atoms with van der Waals surface area (Å²) in [6.07, 6.45) is 12.9.